The summed E-state index contributed by atoms with van der Waals surface area (Å²) >= 11 is 0. The molecule has 6 nitrogen and oxygen atoms in total. The molecule has 0 bridgehead atoms. The zero-order valence-corrected chi connectivity index (χ0v) is 9.16. The smallest absolute Gasteiger partial charge is 0.386 e. The van der Waals surface area contributed by atoms with E-state index in [0.29, 0.717) is 6.07 Å². The molecule has 0 fully saturated rings. The minimum atomic E-state index is -5.14. The van der Waals surface area contributed by atoms with Gasteiger partial charge in [-0.15, -0.1) is 0 Å². The molecule has 0 atom stereocenters. The van der Waals surface area contributed by atoms with E-state index in [1.54, 1.807) is 0 Å². The van der Waals surface area contributed by atoms with E-state index in [9.17, 15) is 32.3 Å². The topological polar surface area (TPSA) is 94.6 Å². The lowest BCUT2D eigenvalue weighted by atomic mass is 10.0. The number of halogens is 3. The van der Waals surface area contributed by atoms with E-state index in [1.165, 1.54) is 0 Å². The summed E-state index contributed by atoms with van der Waals surface area (Å²) in [6.07, 6.45) is -5.14. The van der Waals surface area contributed by atoms with Crippen LogP contribution in [0.15, 0.2) is 34.1 Å². The molecule has 0 saturated carbocycles. The van der Waals surface area contributed by atoms with Crippen LogP contribution < -0.4 is 22.5 Å². The third kappa shape index (κ3) is 1.40. The van der Waals surface area contributed by atoms with Gasteiger partial charge in [0.15, 0.2) is 0 Å². The third-order valence-corrected chi connectivity index (χ3v) is 2.83. The summed E-state index contributed by atoms with van der Waals surface area (Å²) in [6.45, 7) is 0. The highest BCUT2D eigenvalue weighted by molar-refractivity contribution is 6.01. The summed E-state index contributed by atoms with van der Waals surface area (Å²) in [5, 5.41) is -3.58. The van der Waals surface area contributed by atoms with Crippen LogP contribution in [0.4, 0.5) is 13.2 Å². The van der Waals surface area contributed by atoms with Crippen LogP contribution in [0, 0.1) is 0 Å². The van der Waals surface area contributed by atoms with E-state index in [2.05, 4.69) is 8.83 Å². The van der Waals surface area contributed by atoms with Crippen LogP contribution in [0.5, 0.6) is 0 Å². The predicted octanol–water partition coefficient (Wildman–Crippen LogP) is 0.514. The Morgan fingerprint density at radius 3 is 1.50 bits per heavy atom. The Labute approximate surface area is 104 Å². The van der Waals surface area contributed by atoms with Gasteiger partial charge in [0.25, 0.3) is 0 Å². The van der Waals surface area contributed by atoms with E-state index in [-0.39, 0.29) is 0 Å². The van der Waals surface area contributed by atoms with Gasteiger partial charge in [0.2, 0.25) is 0 Å². The van der Waals surface area contributed by atoms with E-state index < -0.39 is 55.8 Å². The van der Waals surface area contributed by atoms with Crippen LogP contribution in [0.25, 0.3) is 21.5 Å². The Balaban J connectivity index is 2.85. The Kier molecular flexibility index (Phi) is 2.12. The van der Waals surface area contributed by atoms with Gasteiger partial charge in [-0.25, -0.2) is 19.2 Å². The minimum Gasteiger partial charge on any atom is -0.386 e. The predicted molar refractivity (Wildman–Crippen MR) is 58.4 cm³/mol. The first kappa shape index (κ1) is 12.3. The van der Waals surface area contributed by atoms with Gasteiger partial charge in [0.1, 0.15) is 0 Å². The van der Waals surface area contributed by atoms with Crippen LogP contribution in [0.2, 0.25) is 0 Å². The normalized spacial score (nSPS) is 12.6. The molecule has 20 heavy (non-hydrogen) atoms. The monoisotopic (exact) mass is 286 g/mol. The summed E-state index contributed by atoms with van der Waals surface area (Å²) in [6, 6.07) is 0.695. The van der Waals surface area contributed by atoms with Crippen LogP contribution in [-0.2, 0) is 6.18 Å². The van der Waals surface area contributed by atoms with Crippen molar-refractivity contribution in [2.45, 2.75) is 6.18 Å². The Morgan fingerprint density at radius 1 is 0.750 bits per heavy atom. The highest BCUT2D eigenvalue weighted by Crippen LogP contribution is 2.36. The Morgan fingerprint density at radius 2 is 1.15 bits per heavy atom. The molecule has 2 aromatic heterocycles. The fourth-order valence-corrected chi connectivity index (χ4v) is 2.09. The first-order valence-corrected chi connectivity index (χ1v) is 5.03. The van der Waals surface area contributed by atoms with Gasteiger partial charge in [0.05, 0.1) is 27.1 Å². The Bertz CT molecular complexity index is 982. The van der Waals surface area contributed by atoms with Crippen molar-refractivity contribution in [1.82, 2.24) is 0 Å². The fraction of sp³-hybridized carbons (Fsp3) is 0.0909. The number of furan rings is 2. The van der Waals surface area contributed by atoms with Crippen molar-refractivity contribution < 1.29 is 22.0 Å². The maximum atomic E-state index is 13.1. The Hall–Kier alpha value is -2.71. The highest BCUT2D eigenvalue weighted by atomic mass is 19.4. The molecule has 0 spiro atoms. The second-order valence-corrected chi connectivity index (χ2v) is 3.95. The zero-order chi connectivity index (χ0) is 14.8. The standard InChI is InChI=1S/C11HF3O6/c12-11(13,14)6-4-2(7(15)19-9(4)17)1-3-5(6)10(18)20-8(3)16/h1H. The molecule has 0 aliphatic rings. The lowest BCUT2D eigenvalue weighted by molar-refractivity contribution is -0.135. The largest absolute Gasteiger partial charge is 0.418 e. The first-order chi connectivity index (χ1) is 9.21. The van der Waals surface area contributed by atoms with Crippen molar-refractivity contribution in [2.24, 2.45) is 0 Å². The van der Waals surface area contributed by atoms with Crippen LogP contribution in [0.1, 0.15) is 5.56 Å². The SMILES string of the molecule is O=c1oc(=O)c2c(C(F)(F)F)c3c(=O)oc(=O)c3cc12. The van der Waals surface area contributed by atoms with Gasteiger partial charge in [-0.05, 0) is 6.07 Å². The first-order valence-electron chi connectivity index (χ1n) is 5.03. The minimum absolute atomic E-state index is 0.695. The van der Waals surface area contributed by atoms with Crippen molar-refractivity contribution in [2.75, 3.05) is 0 Å². The number of rotatable bonds is 0. The zero-order valence-electron chi connectivity index (χ0n) is 9.16. The summed E-state index contributed by atoms with van der Waals surface area (Å²) in [5.41, 5.74) is -7.35. The summed E-state index contributed by atoms with van der Waals surface area (Å²) in [4.78, 5) is 45.3. The van der Waals surface area contributed by atoms with Gasteiger partial charge >= 0.3 is 28.7 Å². The second-order valence-electron chi connectivity index (χ2n) is 3.95. The molecule has 1 aromatic carbocycles. The molecular weight excluding hydrogens is 285 g/mol. The average molecular weight is 286 g/mol. The van der Waals surface area contributed by atoms with E-state index in [0.717, 1.165) is 0 Å². The number of hydrogen-bond donors (Lipinski definition) is 0. The summed E-state index contributed by atoms with van der Waals surface area (Å²) in [5.74, 6) is 0. The molecule has 0 amide bonds. The van der Waals surface area contributed by atoms with Crippen LogP contribution in [-0.4, -0.2) is 0 Å². The molecule has 3 rings (SSSR count). The van der Waals surface area contributed by atoms with E-state index in [4.69, 9.17) is 0 Å². The molecule has 102 valence electrons. The van der Waals surface area contributed by atoms with Crippen LogP contribution in [0.3, 0.4) is 0 Å². The van der Waals surface area contributed by atoms with Gasteiger partial charge in [-0.2, -0.15) is 13.2 Å². The molecule has 0 aliphatic carbocycles. The lowest BCUT2D eigenvalue weighted by Gasteiger charge is -2.07. The lowest BCUT2D eigenvalue weighted by Crippen LogP contribution is -2.13. The van der Waals surface area contributed by atoms with Crippen LogP contribution >= 0.6 is 0 Å². The maximum Gasteiger partial charge on any atom is 0.418 e. The average Bonchev–Trinajstić information content (AvgIpc) is 2.76. The van der Waals surface area contributed by atoms with Crippen molar-refractivity contribution >= 4 is 21.5 Å². The molecule has 2 heterocycles. The number of fused-ring (bicyclic) bond motifs is 2. The number of hydrogen-bond acceptors (Lipinski definition) is 6. The summed E-state index contributed by atoms with van der Waals surface area (Å²) in [7, 11) is 0. The van der Waals surface area contributed by atoms with Gasteiger partial charge in [-0.3, -0.25) is 0 Å². The third-order valence-electron chi connectivity index (χ3n) is 2.83. The molecular formula is C11HF3O6. The summed E-state index contributed by atoms with van der Waals surface area (Å²) < 4.78 is 47.3. The molecule has 0 N–H and O–H groups in total. The molecule has 0 radical (unpaired) electrons. The molecule has 9 heteroatoms. The number of alkyl halides is 3. The van der Waals surface area contributed by atoms with Gasteiger partial charge in [0, 0.05) is 0 Å². The fourth-order valence-electron chi connectivity index (χ4n) is 2.09. The van der Waals surface area contributed by atoms with Crippen molar-refractivity contribution in [1.29, 1.82) is 0 Å². The second kappa shape index (κ2) is 3.44. The van der Waals surface area contributed by atoms with Crippen molar-refractivity contribution in [3.05, 3.63) is 53.3 Å². The van der Waals surface area contributed by atoms with E-state index >= 15 is 0 Å². The van der Waals surface area contributed by atoms with Gasteiger partial charge < -0.3 is 8.83 Å². The number of benzene rings is 1. The molecule has 3 aromatic rings. The molecule has 0 saturated heterocycles. The maximum absolute atomic E-state index is 13.1. The highest BCUT2D eigenvalue weighted by Gasteiger charge is 2.39. The van der Waals surface area contributed by atoms with E-state index in [1.807, 2.05) is 0 Å². The molecule has 0 unspecified atom stereocenters. The quantitative estimate of drug-likeness (QED) is 0.597. The van der Waals surface area contributed by atoms with Crippen molar-refractivity contribution in [3.63, 3.8) is 0 Å². The van der Waals surface area contributed by atoms with Gasteiger partial charge in [-0.1, -0.05) is 0 Å². The van der Waals surface area contributed by atoms with Crippen molar-refractivity contribution in [3.8, 4) is 0 Å². The molecule has 0 aliphatic heterocycles.